The van der Waals surface area contributed by atoms with Gasteiger partial charge < -0.3 is 14.8 Å². The minimum absolute atomic E-state index is 0.00497. The Morgan fingerprint density at radius 2 is 1.44 bits per heavy atom. The molecular weight excluding hydrogens is 410 g/mol. The van der Waals surface area contributed by atoms with Crippen molar-refractivity contribution in [1.82, 2.24) is 0 Å². The van der Waals surface area contributed by atoms with Crippen molar-refractivity contribution in [2.24, 2.45) is 0 Å². The zero-order chi connectivity index (χ0) is 22.7. The Bertz CT molecular complexity index is 1160. The first-order valence-corrected chi connectivity index (χ1v) is 9.85. The summed E-state index contributed by atoms with van der Waals surface area (Å²) < 4.78 is 10.4. The van der Waals surface area contributed by atoms with Gasteiger partial charge in [0.2, 0.25) is 0 Å². The van der Waals surface area contributed by atoms with Crippen molar-refractivity contribution in [2.75, 3.05) is 24.4 Å². The van der Waals surface area contributed by atoms with Gasteiger partial charge in [0.25, 0.3) is 11.6 Å². The topological polar surface area (TPSA) is 93.9 Å². The largest absolute Gasteiger partial charge is 0.497 e. The van der Waals surface area contributed by atoms with Crippen molar-refractivity contribution < 1.29 is 19.2 Å². The predicted octanol–water partition coefficient (Wildman–Crippen LogP) is 4.70. The minimum atomic E-state index is -0.447. The summed E-state index contributed by atoms with van der Waals surface area (Å²) in [7, 11) is 3.17. The first-order valence-electron chi connectivity index (χ1n) is 9.85. The Hall–Kier alpha value is -4.33. The first kappa shape index (κ1) is 20.9. The standard InChI is InChI=1S/C24H21N3O5/c1-31-20-11-5-17(6-12-20)25-22-15-23(16-3-7-19(8-4-16)27(29)30)26(24(22)28)18-9-13-21(32-2)14-10-18/h3-15,23,25H,1-2H3/t23-/m0/s1. The second-order valence-corrected chi connectivity index (χ2v) is 7.10. The molecule has 162 valence electrons. The summed E-state index contributed by atoms with van der Waals surface area (Å²) in [5.41, 5.74) is 2.58. The van der Waals surface area contributed by atoms with Gasteiger partial charge in [0.15, 0.2) is 0 Å². The second kappa shape index (κ2) is 8.81. The number of carbonyl (C=O) groups is 1. The number of anilines is 2. The highest BCUT2D eigenvalue weighted by Gasteiger charge is 2.35. The van der Waals surface area contributed by atoms with Gasteiger partial charge in [0.1, 0.15) is 17.2 Å². The molecule has 32 heavy (non-hydrogen) atoms. The van der Waals surface area contributed by atoms with E-state index in [9.17, 15) is 14.9 Å². The Morgan fingerprint density at radius 3 is 1.97 bits per heavy atom. The van der Waals surface area contributed by atoms with Crippen molar-refractivity contribution in [3.63, 3.8) is 0 Å². The molecule has 1 N–H and O–H groups in total. The lowest BCUT2D eigenvalue weighted by Crippen LogP contribution is -2.30. The number of nitro groups is 1. The molecule has 0 spiro atoms. The maximum Gasteiger partial charge on any atom is 0.275 e. The van der Waals surface area contributed by atoms with E-state index in [1.807, 2.05) is 18.2 Å². The summed E-state index contributed by atoms with van der Waals surface area (Å²) in [6.07, 6.45) is 1.82. The van der Waals surface area contributed by atoms with Crippen LogP contribution in [0.4, 0.5) is 17.1 Å². The zero-order valence-corrected chi connectivity index (χ0v) is 17.5. The first-order chi connectivity index (χ1) is 15.5. The number of carbonyl (C=O) groups excluding carboxylic acids is 1. The van der Waals surface area contributed by atoms with E-state index in [1.165, 1.54) is 12.1 Å². The van der Waals surface area contributed by atoms with E-state index in [0.717, 1.165) is 11.3 Å². The van der Waals surface area contributed by atoms with Crippen molar-refractivity contribution in [1.29, 1.82) is 0 Å². The van der Waals surface area contributed by atoms with E-state index in [2.05, 4.69) is 5.32 Å². The normalized spacial score (nSPS) is 15.3. The highest BCUT2D eigenvalue weighted by atomic mass is 16.6. The van der Waals surface area contributed by atoms with Gasteiger partial charge in [-0.1, -0.05) is 0 Å². The number of nitrogens with one attached hydrogen (secondary N) is 1. The number of ether oxygens (including phenoxy) is 2. The average molecular weight is 431 g/mol. The quantitative estimate of drug-likeness (QED) is 0.431. The molecule has 0 radical (unpaired) electrons. The highest BCUT2D eigenvalue weighted by Crippen LogP contribution is 2.37. The molecule has 1 aliphatic heterocycles. The molecule has 1 aliphatic rings. The van der Waals surface area contributed by atoms with Gasteiger partial charge in [0.05, 0.1) is 25.2 Å². The number of rotatable bonds is 7. The molecule has 0 bridgehead atoms. The molecule has 0 aromatic heterocycles. The fraction of sp³-hybridized carbons (Fsp3) is 0.125. The third-order valence-corrected chi connectivity index (χ3v) is 5.22. The van der Waals surface area contributed by atoms with Crippen molar-refractivity contribution in [3.8, 4) is 11.5 Å². The van der Waals surface area contributed by atoms with Crippen LogP contribution in [0.1, 0.15) is 11.6 Å². The Morgan fingerprint density at radius 1 is 0.875 bits per heavy atom. The molecule has 0 saturated heterocycles. The molecule has 8 heteroatoms. The van der Waals surface area contributed by atoms with Gasteiger partial charge in [-0.2, -0.15) is 0 Å². The third kappa shape index (κ3) is 4.11. The predicted molar refractivity (Wildman–Crippen MR) is 121 cm³/mol. The molecule has 1 heterocycles. The van der Waals surface area contributed by atoms with Crippen LogP contribution in [0.5, 0.6) is 11.5 Å². The van der Waals surface area contributed by atoms with Gasteiger partial charge >= 0.3 is 0 Å². The van der Waals surface area contributed by atoms with Gasteiger partial charge in [-0.15, -0.1) is 0 Å². The molecule has 4 rings (SSSR count). The highest BCUT2D eigenvalue weighted by molar-refractivity contribution is 6.11. The molecule has 0 fully saturated rings. The average Bonchev–Trinajstić information content (AvgIpc) is 3.15. The lowest BCUT2D eigenvalue weighted by Gasteiger charge is -2.25. The molecule has 8 nitrogen and oxygen atoms in total. The van der Waals surface area contributed by atoms with E-state index in [1.54, 1.807) is 67.7 Å². The van der Waals surface area contributed by atoms with Crippen LogP contribution in [0.2, 0.25) is 0 Å². The van der Waals surface area contributed by atoms with E-state index in [0.29, 0.717) is 22.9 Å². The van der Waals surface area contributed by atoms with Crippen LogP contribution in [0.3, 0.4) is 0 Å². The fourth-order valence-corrected chi connectivity index (χ4v) is 3.54. The second-order valence-electron chi connectivity index (χ2n) is 7.10. The van der Waals surface area contributed by atoms with Crippen LogP contribution in [0.15, 0.2) is 84.6 Å². The summed E-state index contributed by atoms with van der Waals surface area (Å²) >= 11 is 0. The Balaban J connectivity index is 1.69. The van der Waals surface area contributed by atoms with Crippen LogP contribution >= 0.6 is 0 Å². The lowest BCUT2D eigenvalue weighted by atomic mass is 10.1. The van der Waals surface area contributed by atoms with E-state index >= 15 is 0 Å². The smallest absolute Gasteiger partial charge is 0.275 e. The number of hydrogen-bond acceptors (Lipinski definition) is 6. The number of benzene rings is 3. The summed E-state index contributed by atoms with van der Waals surface area (Å²) in [6.45, 7) is 0. The summed E-state index contributed by atoms with van der Waals surface area (Å²) in [6, 6.07) is 20.2. The SMILES string of the molecule is COc1ccc(NC2=C[C@@H](c3ccc([N+](=O)[O-])cc3)N(c3ccc(OC)cc3)C2=O)cc1. The summed E-state index contributed by atoms with van der Waals surface area (Å²) in [4.78, 5) is 25.6. The maximum atomic E-state index is 13.4. The molecular formula is C24H21N3O5. The number of amides is 1. The maximum absolute atomic E-state index is 13.4. The minimum Gasteiger partial charge on any atom is -0.497 e. The van der Waals surface area contributed by atoms with Crippen LogP contribution in [0, 0.1) is 10.1 Å². The van der Waals surface area contributed by atoms with Gasteiger partial charge in [-0.3, -0.25) is 19.8 Å². The monoisotopic (exact) mass is 431 g/mol. The third-order valence-electron chi connectivity index (χ3n) is 5.22. The number of nitro benzene ring substituents is 1. The zero-order valence-electron chi connectivity index (χ0n) is 17.5. The molecule has 3 aromatic carbocycles. The van der Waals surface area contributed by atoms with E-state index in [4.69, 9.17) is 9.47 Å². The van der Waals surface area contributed by atoms with Crippen molar-refractivity contribution in [3.05, 3.63) is 100 Å². The molecule has 1 amide bonds. The van der Waals surface area contributed by atoms with Crippen LogP contribution in [0.25, 0.3) is 0 Å². The van der Waals surface area contributed by atoms with Crippen molar-refractivity contribution in [2.45, 2.75) is 6.04 Å². The van der Waals surface area contributed by atoms with Crippen LogP contribution in [-0.4, -0.2) is 25.1 Å². The van der Waals surface area contributed by atoms with Gasteiger partial charge in [0, 0.05) is 23.5 Å². The van der Waals surface area contributed by atoms with Crippen LogP contribution in [-0.2, 0) is 4.79 Å². The Kier molecular flexibility index (Phi) is 5.76. The molecule has 0 saturated carbocycles. The fourth-order valence-electron chi connectivity index (χ4n) is 3.54. The lowest BCUT2D eigenvalue weighted by molar-refractivity contribution is -0.384. The van der Waals surface area contributed by atoms with Crippen molar-refractivity contribution >= 4 is 23.0 Å². The number of hydrogen-bond donors (Lipinski definition) is 1. The van der Waals surface area contributed by atoms with Crippen LogP contribution < -0.4 is 19.7 Å². The number of methoxy groups -OCH3 is 2. The Labute approximate surface area is 184 Å². The number of nitrogens with zero attached hydrogens (tertiary/aromatic N) is 2. The van der Waals surface area contributed by atoms with E-state index in [-0.39, 0.29) is 11.6 Å². The molecule has 0 aliphatic carbocycles. The molecule has 3 aromatic rings. The van der Waals surface area contributed by atoms with Gasteiger partial charge in [-0.25, -0.2) is 0 Å². The van der Waals surface area contributed by atoms with Gasteiger partial charge in [-0.05, 0) is 72.3 Å². The molecule has 1 atom stereocenters. The molecule has 0 unspecified atom stereocenters. The number of non-ortho nitro benzene ring substituents is 1. The van der Waals surface area contributed by atoms with E-state index < -0.39 is 11.0 Å². The summed E-state index contributed by atoms with van der Waals surface area (Å²) in [5.74, 6) is 1.18. The summed E-state index contributed by atoms with van der Waals surface area (Å²) in [5, 5.41) is 14.2.